The van der Waals surface area contributed by atoms with Crippen molar-refractivity contribution in [3.8, 4) is 28.4 Å². The lowest BCUT2D eigenvalue weighted by atomic mass is 9.97. The van der Waals surface area contributed by atoms with Crippen molar-refractivity contribution >= 4 is 41.4 Å². The number of hydrogen-bond acceptors (Lipinski definition) is 15. The molecule has 0 spiro atoms. The number of nitrogens with one attached hydrogen (secondary N) is 4. The van der Waals surface area contributed by atoms with E-state index in [0.29, 0.717) is 6.42 Å². The van der Waals surface area contributed by atoms with Crippen molar-refractivity contribution in [1.82, 2.24) is 31.1 Å². The van der Waals surface area contributed by atoms with E-state index in [1.165, 1.54) is 110 Å². The topological polar surface area (TPSA) is 334 Å². The van der Waals surface area contributed by atoms with Crippen LogP contribution in [0.5, 0.6) is 17.2 Å². The van der Waals surface area contributed by atoms with E-state index in [1.54, 1.807) is 0 Å². The number of hydrogen-bond donors (Lipinski definition) is 11. The van der Waals surface area contributed by atoms with Crippen LogP contribution < -0.4 is 26.0 Å². The van der Waals surface area contributed by atoms with Gasteiger partial charge in [-0.05, 0) is 56.9 Å². The van der Waals surface area contributed by atoms with E-state index in [4.69, 9.17) is 9.47 Å². The third-order valence-corrected chi connectivity index (χ3v) is 12.9. The molecule has 3 rings (SSSR count). The van der Waals surface area contributed by atoms with Gasteiger partial charge in [0.05, 0.1) is 25.8 Å². The number of para-hydroxylation sites is 1. The zero-order chi connectivity index (χ0) is 55.2. The second-order valence-corrected chi connectivity index (χ2v) is 19.6. The number of carbonyl (C=O) groups is 7. The van der Waals surface area contributed by atoms with Gasteiger partial charge in [-0.1, -0.05) is 96.3 Å². The van der Waals surface area contributed by atoms with Crippen LogP contribution in [-0.2, 0) is 44.7 Å². The Bertz CT molecular complexity index is 2180. The maximum absolute atomic E-state index is 13.2. The number of benzene rings is 2. The van der Waals surface area contributed by atoms with Gasteiger partial charge in [0.15, 0.2) is 11.5 Å². The predicted octanol–water partition coefficient (Wildman–Crippen LogP) is 1.82. The molecular formula is C52H80N6O16. The molecule has 2 aromatic rings. The Morgan fingerprint density at radius 1 is 0.703 bits per heavy atom. The molecule has 22 heteroatoms. The fourth-order valence-corrected chi connectivity index (χ4v) is 8.20. The van der Waals surface area contributed by atoms with E-state index < -0.39 is 116 Å². The lowest BCUT2D eigenvalue weighted by Gasteiger charge is -2.39. The van der Waals surface area contributed by atoms with Crippen molar-refractivity contribution in [1.29, 1.82) is 0 Å². The van der Waals surface area contributed by atoms with Crippen LogP contribution in [0, 0.1) is 5.92 Å². The molecule has 0 radical (unpaired) electrons. The first-order valence-electron chi connectivity index (χ1n) is 25.5. The third-order valence-electron chi connectivity index (χ3n) is 12.9. The van der Waals surface area contributed by atoms with Crippen LogP contribution in [0.3, 0.4) is 0 Å². The zero-order valence-corrected chi connectivity index (χ0v) is 43.8. The number of aromatic hydroxyl groups is 2. The molecule has 11 N–H and O–H groups in total. The molecule has 9 atom stereocenters. The summed E-state index contributed by atoms with van der Waals surface area (Å²) in [5, 5.41) is 82.0. The average Bonchev–Trinajstić information content (AvgIpc) is 3.34. The Morgan fingerprint density at radius 2 is 1.31 bits per heavy atom. The van der Waals surface area contributed by atoms with Gasteiger partial charge >= 0.3 is 5.97 Å². The molecule has 2 aromatic carbocycles. The summed E-state index contributed by atoms with van der Waals surface area (Å²) in [6, 6.07) is 2.88. The summed E-state index contributed by atoms with van der Waals surface area (Å²) < 4.78 is 11.3. The van der Waals surface area contributed by atoms with Crippen LogP contribution in [-0.4, -0.2) is 176 Å². The first-order chi connectivity index (χ1) is 35.0. The molecule has 1 aliphatic heterocycles. The molecule has 414 valence electrons. The smallest absolute Gasteiger partial charge is 0.326 e. The summed E-state index contributed by atoms with van der Waals surface area (Å²) in [6.45, 7) is 6.75. The second kappa shape index (κ2) is 31.0. The van der Waals surface area contributed by atoms with Gasteiger partial charge in [0.2, 0.25) is 41.7 Å². The molecule has 74 heavy (non-hydrogen) atoms. The minimum Gasteiger partial charge on any atom is -0.507 e. The highest BCUT2D eigenvalue weighted by Crippen LogP contribution is 2.43. The fraction of sp³-hybridized carbons (Fsp3) is 0.635. The number of likely N-dealkylation sites (N-methyl/N-ethyl adjacent to an activating group) is 2. The molecule has 4 unspecified atom stereocenters. The Balaban J connectivity index is 1.45. The lowest BCUT2D eigenvalue weighted by Crippen LogP contribution is -2.58. The molecule has 0 bridgehead atoms. The van der Waals surface area contributed by atoms with Gasteiger partial charge in [0.1, 0.15) is 48.2 Å². The van der Waals surface area contributed by atoms with Gasteiger partial charge in [-0.25, -0.2) is 4.79 Å². The number of carboxylic acid groups (broad SMARTS) is 1. The number of aliphatic carboxylic acids is 1. The van der Waals surface area contributed by atoms with E-state index in [1.807, 2.05) is 0 Å². The summed E-state index contributed by atoms with van der Waals surface area (Å²) >= 11 is 0. The molecule has 1 fully saturated rings. The third kappa shape index (κ3) is 19.7. The van der Waals surface area contributed by atoms with Crippen LogP contribution in [0.15, 0.2) is 36.4 Å². The van der Waals surface area contributed by atoms with Gasteiger partial charge in [0, 0.05) is 38.1 Å². The van der Waals surface area contributed by atoms with Crippen LogP contribution in [0.4, 0.5) is 0 Å². The van der Waals surface area contributed by atoms with Gasteiger partial charge in [-0.15, -0.1) is 0 Å². The number of rotatable bonds is 31. The molecule has 0 aliphatic carbocycles. The highest BCUT2D eigenvalue weighted by atomic mass is 16.7. The van der Waals surface area contributed by atoms with E-state index in [-0.39, 0.29) is 46.9 Å². The average molecular weight is 1050 g/mol. The lowest BCUT2D eigenvalue weighted by molar-refractivity contribution is -0.268. The summed E-state index contributed by atoms with van der Waals surface area (Å²) in [7, 11) is 2.68. The highest BCUT2D eigenvalue weighted by Gasteiger charge is 2.44. The predicted molar refractivity (Wildman–Crippen MR) is 271 cm³/mol. The van der Waals surface area contributed by atoms with Crippen molar-refractivity contribution in [2.24, 2.45) is 5.92 Å². The Labute approximate surface area is 433 Å². The SMILES string of the molecule is CC(C)CCCCCCCCCCCCC(=O)N(C)C(CO)C(=O)NC(C)C(=O)NCC(=O)N(C)CC(=O)NC(C)C(=O)NC(Cc1ccc(O)c(-c2cccc(O)c2O[C@H]2O[C@H](C)[C@@H](O)[C@H](O)[C@@H]2O)c1)C(=O)O. The maximum atomic E-state index is 13.2. The summed E-state index contributed by atoms with van der Waals surface area (Å²) in [6.07, 6.45) is 4.92. The summed E-state index contributed by atoms with van der Waals surface area (Å²) in [5.41, 5.74) is 0.400. The largest absolute Gasteiger partial charge is 0.507 e. The van der Waals surface area contributed by atoms with Crippen LogP contribution >= 0.6 is 0 Å². The van der Waals surface area contributed by atoms with Gasteiger partial charge in [-0.2, -0.15) is 0 Å². The second-order valence-electron chi connectivity index (χ2n) is 19.6. The van der Waals surface area contributed by atoms with Crippen molar-refractivity contribution in [2.45, 2.75) is 173 Å². The van der Waals surface area contributed by atoms with Gasteiger partial charge in [0.25, 0.3) is 0 Å². The number of carbonyl (C=O) groups excluding carboxylic acids is 6. The molecule has 1 aliphatic rings. The Kier molecular flexibility index (Phi) is 26.0. The molecule has 0 saturated carbocycles. The molecule has 1 heterocycles. The van der Waals surface area contributed by atoms with Crippen LogP contribution in [0.2, 0.25) is 0 Å². The summed E-state index contributed by atoms with van der Waals surface area (Å²) in [5.74, 6) is -6.00. The number of nitrogens with zero attached hydrogens (tertiary/aromatic N) is 2. The van der Waals surface area contributed by atoms with Gasteiger partial charge < -0.3 is 76.3 Å². The molecule has 0 aromatic heterocycles. The Morgan fingerprint density at radius 3 is 1.92 bits per heavy atom. The minimum absolute atomic E-state index is 0.0431. The standard InChI is InChI=1S/C52H80N6O16/c1-30(2)19-16-14-12-10-8-9-11-13-15-17-22-42(63)58(7)38(29-59)50(70)55-31(3)48(68)53-27-43(64)57(6)28-41(62)54-32(4)49(69)56-37(51(71)72)26-34-23-24-39(60)36(25-34)35-20-18-21-40(61)47(35)74-52-46(67)45(66)44(65)33(5)73-52/h18,20-21,23-25,30-33,37-38,44-46,52,59-61,65-67H,8-17,19,22,26-29H2,1-7H3,(H,53,68)(H,54,62)(H,55,70)(H,56,69)(H,71,72)/t31?,32?,33-,37?,38?,44-,45+,46+,52-/m1/s1. The first-order valence-corrected chi connectivity index (χ1v) is 25.5. The maximum Gasteiger partial charge on any atom is 0.326 e. The number of ether oxygens (including phenoxy) is 2. The molecule has 1 saturated heterocycles. The van der Waals surface area contributed by atoms with Crippen molar-refractivity contribution in [3.63, 3.8) is 0 Å². The normalized spacial score (nSPS) is 19.1. The number of carboxylic acids is 1. The Hall–Kier alpha value is -6.07. The number of aliphatic hydroxyl groups is 4. The molecule has 22 nitrogen and oxygen atoms in total. The first kappa shape index (κ1) is 62.2. The van der Waals surface area contributed by atoms with Crippen molar-refractivity contribution in [3.05, 3.63) is 42.0 Å². The van der Waals surface area contributed by atoms with E-state index in [9.17, 15) is 69.3 Å². The van der Waals surface area contributed by atoms with Crippen LogP contribution in [0.1, 0.15) is 117 Å². The number of phenolic OH excluding ortho intramolecular Hbond substituents is 2. The quantitative estimate of drug-likeness (QED) is 0.0480. The van der Waals surface area contributed by atoms with Crippen LogP contribution in [0.25, 0.3) is 11.1 Å². The summed E-state index contributed by atoms with van der Waals surface area (Å²) in [4.78, 5) is 92.1. The zero-order valence-electron chi connectivity index (χ0n) is 43.8. The molecule has 6 amide bonds. The number of phenols is 2. The van der Waals surface area contributed by atoms with E-state index in [2.05, 4.69) is 35.1 Å². The number of amides is 6. The minimum atomic E-state index is -1.73. The highest BCUT2D eigenvalue weighted by molar-refractivity contribution is 5.94. The molecular weight excluding hydrogens is 965 g/mol. The van der Waals surface area contributed by atoms with E-state index in [0.717, 1.165) is 41.4 Å². The number of unbranched alkanes of at least 4 members (excludes halogenated alkanes) is 9. The van der Waals surface area contributed by atoms with Crippen molar-refractivity contribution < 1.29 is 78.8 Å². The monoisotopic (exact) mass is 1040 g/mol. The fourth-order valence-electron chi connectivity index (χ4n) is 8.20. The number of aliphatic hydroxyl groups excluding tert-OH is 4. The van der Waals surface area contributed by atoms with Gasteiger partial charge in [-0.3, -0.25) is 28.8 Å². The van der Waals surface area contributed by atoms with E-state index >= 15 is 0 Å². The van der Waals surface area contributed by atoms with Crippen molar-refractivity contribution in [2.75, 3.05) is 33.8 Å².